The topological polar surface area (TPSA) is 69.6 Å². The number of hydrogen-bond donors (Lipinski definition) is 2. The fraction of sp³-hybridized carbons (Fsp3) is 0.867. The molecule has 1 aliphatic carbocycles. The highest BCUT2D eigenvalue weighted by atomic mass is 16.4. The number of amides is 1. The van der Waals surface area contributed by atoms with Crippen molar-refractivity contribution in [3.63, 3.8) is 0 Å². The molecule has 1 rings (SSSR count). The van der Waals surface area contributed by atoms with Gasteiger partial charge in [-0.25, -0.2) is 0 Å². The molecule has 0 spiro atoms. The third-order valence-corrected chi connectivity index (χ3v) is 4.07. The van der Waals surface area contributed by atoms with E-state index < -0.39 is 5.97 Å². The lowest BCUT2D eigenvalue weighted by Crippen LogP contribution is -2.51. The molecule has 0 aromatic heterocycles. The second-order valence-electron chi connectivity index (χ2n) is 6.86. The number of hydrogen-bond acceptors (Lipinski definition) is 3. The van der Waals surface area contributed by atoms with Crippen LogP contribution in [0.1, 0.15) is 53.4 Å². The fourth-order valence-corrected chi connectivity index (χ4v) is 2.65. The van der Waals surface area contributed by atoms with E-state index >= 15 is 0 Å². The van der Waals surface area contributed by atoms with Gasteiger partial charge in [0.25, 0.3) is 0 Å². The van der Waals surface area contributed by atoms with Gasteiger partial charge in [-0.1, -0.05) is 19.8 Å². The number of aliphatic carboxylic acids is 1. The maximum Gasteiger partial charge on any atom is 0.317 e. The average molecular weight is 284 g/mol. The molecule has 116 valence electrons. The molecule has 1 aliphatic rings. The monoisotopic (exact) mass is 284 g/mol. The van der Waals surface area contributed by atoms with E-state index in [0.717, 1.165) is 19.3 Å². The Balaban J connectivity index is 2.55. The van der Waals surface area contributed by atoms with Gasteiger partial charge in [-0.15, -0.1) is 0 Å². The molecule has 20 heavy (non-hydrogen) atoms. The summed E-state index contributed by atoms with van der Waals surface area (Å²) in [5.41, 5.74) is -0.339. The predicted molar refractivity (Wildman–Crippen MR) is 78.5 cm³/mol. The Kier molecular flexibility index (Phi) is 5.99. The number of nitrogens with one attached hydrogen (secondary N) is 1. The minimum absolute atomic E-state index is 0.0695. The predicted octanol–water partition coefficient (Wildman–Crippen LogP) is 1.87. The van der Waals surface area contributed by atoms with Gasteiger partial charge < -0.3 is 10.4 Å². The summed E-state index contributed by atoms with van der Waals surface area (Å²) < 4.78 is 0. The summed E-state index contributed by atoms with van der Waals surface area (Å²) >= 11 is 0. The number of carboxylic acids is 1. The lowest BCUT2D eigenvalue weighted by atomic mass is 9.86. The largest absolute Gasteiger partial charge is 0.480 e. The van der Waals surface area contributed by atoms with Gasteiger partial charge in [-0.05, 0) is 39.5 Å². The van der Waals surface area contributed by atoms with Crippen molar-refractivity contribution in [3.05, 3.63) is 0 Å². The van der Waals surface area contributed by atoms with Gasteiger partial charge in [0.05, 0.1) is 13.1 Å². The summed E-state index contributed by atoms with van der Waals surface area (Å²) in [6.07, 6.45) is 4.58. The molecule has 1 saturated carbocycles. The van der Waals surface area contributed by atoms with Crippen molar-refractivity contribution >= 4 is 11.9 Å². The molecule has 0 radical (unpaired) electrons. The Morgan fingerprint density at radius 1 is 1.20 bits per heavy atom. The summed E-state index contributed by atoms with van der Waals surface area (Å²) in [7, 11) is 0. The van der Waals surface area contributed by atoms with Crippen molar-refractivity contribution < 1.29 is 14.7 Å². The number of carbonyl (C=O) groups excluding carboxylic acids is 1. The molecule has 1 fully saturated rings. The molecule has 0 aliphatic heterocycles. The first-order chi connectivity index (χ1) is 9.20. The highest BCUT2D eigenvalue weighted by Gasteiger charge is 2.28. The number of rotatable bonds is 5. The first-order valence-electron chi connectivity index (χ1n) is 7.46. The maximum absolute atomic E-state index is 12.1. The fourth-order valence-electron chi connectivity index (χ4n) is 2.65. The lowest BCUT2D eigenvalue weighted by Gasteiger charge is -2.35. The zero-order chi connectivity index (χ0) is 15.3. The smallest absolute Gasteiger partial charge is 0.317 e. The summed E-state index contributed by atoms with van der Waals surface area (Å²) in [6, 6.07) is 0.239. The second kappa shape index (κ2) is 7.07. The van der Waals surface area contributed by atoms with Gasteiger partial charge in [-0.3, -0.25) is 14.5 Å². The van der Waals surface area contributed by atoms with Crippen LogP contribution in [0.15, 0.2) is 0 Å². The van der Waals surface area contributed by atoms with E-state index in [9.17, 15) is 9.59 Å². The van der Waals surface area contributed by atoms with Crippen molar-refractivity contribution in [2.45, 2.75) is 65.0 Å². The first kappa shape index (κ1) is 17.0. The molecule has 5 heteroatoms. The van der Waals surface area contributed by atoms with Crippen LogP contribution in [-0.4, -0.2) is 46.6 Å². The molecule has 2 unspecified atom stereocenters. The highest BCUT2D eigenvalue weighted by Crippen LogP contribution is 2.23. The average Bonchev–Trinajstić information content (AvgIpc) is 2.29. The summed E-state index contributed by atoms with van der Waals surface area (Å²) in [5, 5.41) is 12.0. The van der Waals surface area contributed by atoms with Crippen LogP contribution < -0.4 is 5.32 Å². The third kappa shape index (κ3) is 5.49. The number of nitrogens with zero attached hydrogens (tertiary/aromatic N) is 1. The molecule has 2 N–H and O–H groups in total. The minimum atomic E-state index is -0.904. The van der Waals surface area contributed by atoms with E-state index in [1.54, 1.807) is 4.90 Å². The molecule has 0 saturated heterocycles. The summed E-state index contributed by atoms with van der Waals surface area (Å²) in [6.45, 7) is 7.96. The van der Waals surface area contributed by atoms with Gasteiger partial charge in [0.1, 0.15) is 0 Å². The van der Waals surface area contributed by atoms with Crippen LogP contribution in [-0.2, 0) is 9.59 Å². The van der Waals surface area contributed by atoms with Crippen molar-refractivity contribution in [1.82, 2.24) is 10.2 Å². The zero-order valence-corrected chi connectivity index (χ0v) is 13.1. The maximum atomic E-state index is 12.1. The standard InChI is InChI=1S/C15H28N2O3/c1-11-7-5-6-8-12(11)16-13(18)9-17(10-14(19)20)15(2,3)4/h11-12H,5-10H2,1-4H3,(H,16,18)(H,19,20). The number of carboxylic acid groups (broad SMARTS) is 1. The van der Waals surface area contributed by atoms with Crippen molar-refractivity contribution in [2.75, 3.05) is 13.1 Å². The van der Waals surface area contributed by atoms with Crippen LogP contribution >= 0.6 is 0 Å². The molecule has 5 nitrogen and oxygen atoms in total. The van der Waals surface area contributed by atoms with E-state index in [-0.39, 0.29) is 30.6 Å². The van der Waals surface area contributed by atoms with Crippen molar-refractivity contribution in [3.8, 4) is 0 Å². The molecular weight excluding hydrogens is 256 g/mol. The molecule has 0 aromatic carbocycles. The van der Waals surface area contributed by atoms with Crippen molar-refractivity contribution in [1.29, 1.82) is 0 Å². The van der Waals surface area contributed by atoms with E-state index in [2.05, 4.69) is 12.2 Å². The van der Waals surface area contributed by atoms with Crippen LogP contribution in [0.3, 0.4) is 0 Å². The van der Waals surface area contributed by atoms with Gasteiger partial charge in [0.15, 0.2) is 0 Å². The zero-order valence-electron chi connectivity index (χ0n) is 13.1. The van der Waals surface area contributed by atoms with Gasteiger partial charge >= 0.3 is 5.97 Å². The first-order valence-corrected chi connectivity index (χ1v) is 7.46. The quantitative estimate of drug-likeness (QED) is 0.808. The van der Waals surface area contributed by atoms with Crippen molar-refractivity contribution in [2.24, 2.45) is 5.92 Å². The molecule has 1 amide bonds. The highest BCUT2D eigenvalue weighted by molar-refractivity contribution is 5.79. The van der Waals surface area contributed by atoms with E-state index in [1.165, 1.54) is 6.42 Å². The van der Waals surface area contributed by atoms with Gasteiger partial charge in [-0.2, -0.15) is 0 Å². The van der Waals surface area contributed by atoms with Crippen LogP contribution in [0.25, 0.3) is 0 Å². The van der Waals surface area contributed by atoms with Crippen LogP contribution in [0.2, 0.25) is 0 Å². The molecule has 0 aromatic rings. The lowest BCUT2D eigenvalue weighted by molar-refractivity contribution is -0.140. The molecular formula is C15H28N2O3. The third-order valence-electron chi connectivity index (χ3n) is 4.07. The van der Waals surface area contributed by atoms with Crippen LogP contribution in [0, 0.1) is 5.92 Å². The SMILES string of the molecule is CC1CCCCC1NC(=O)CN(CC(=O)O)C(C)(C)C. The van der Waals surface area contributed by atoms with E-state index in [0.29, 0.717) is 5.92 Å². The normalized spacial score (nSPS) is 23.6. The Labute approximate surface area is 121 Å². The summed E-state index contributed by atoms with van der Waals surface area (Å²) in [5.74, 6) is -0.464. The summed E-state index contributed by atoms with van der Waals surface area (Å²) in [4.78, 5) is 24.7. The molecule has 0 heterocycles. The van der Waals surface area contributed by atoms with Crippen LogP contribution in [0.5, 0.6) is 0 Å². The Morgan fingerprint density at radius 3 is 2.30 bits per heavy atom. The second-order valence-corrected chi connectivity index (χ2v) is 6.86. The minimum Gasteiger partial charge on any atom is -0.480 e. The van der Waals surface area contributed by atoms with Gasteiger partial charge in [0, 0.05) is 11.6 Å². The molecule has 0 bridgehead atoms. The van der Waals surface area contributed by atoms with Crippen LogP contribution in [0.4, 0.5) is 0 Å². The number of carbonyl (C=O) groups is 2. The van der Waals surface area contributed by atoms with Gasteiger partial charge in [0.2, 0.25) is 5.91 Å². The van der Waals surface area contributed by atoms with E-state index in [1.807, 2.05) is 20.8 Å². The Bertz CT molecular complexity index is 350. The Hall–Kier alpha value is -1.10. The van der Waals surface area contributed by atoms with E-state index in [4.69, 9.17) is 5.11 Å². The Morgan fingerprint density at radius 2 is 1.80 bits per heavy atom. The molecule has 2 atom stereocenters.